The number of aryl methyl sites for hydroxylation is 1. The van der Waals surface area contributed by atoms with Gasteiger partial charge in [0.2, 0.25) is 0 Å². The van der Waals surface area contributed by atoms with Crippen molar-refractivity contribution in [3.8, 4) is 0 Å². The van der Waals surface area contributed by atoms with Crippen LogP contribution in [-0.4, -0.2) is 31.5 Å². The van der Waals surface area contributed by atoms with Gasteiger partial charge in [-0.15, -0.1) is 35.3 Å². The molecular formula is C20H29IN4OS. The van der Waals surface area contributed by atoms with E-state index in [1.807, 2.05) is 29.5 Å². The van der Waals surface area contributed by atoms with Gasteiger partial charge < -0.3 is 16.0 Å². The fourth-order valence-corrected chi connectivity index (χ4v) is 3.65. The molecule has 0 aliphatic carbocycles. The normalized spacial score (nSPS) is 12.1. The van der Waals surface area contributed by atoms with Gasteiger partial charge in [-0.3, -0.25) is 4.79 Å². The molecule has 1 atom stereocenters. The van der Waals surface area contributed by atoms with Gasteiger partial charge in [0.1, 0.15) is 0 Å². The summed E-state index contributed by atoms with van der Waals surface area (Å²) in [4.78, 5) is 19.1. The van der Waals surface area contributed by atoms with Crippen LogP contribution < -0.4 is 16.0 Å². The summed E-state index contributed by atoms with van der Waals surface area (Å²) in [5.41, 5.74) is 1.66. The number of rotatable bonds is 7. The number of aliphatic imine (C=N–C) groups is 1. The SMILES string of the molecule is CCNC(=NCc1cccc(C(=O)NC)c1)NC(C)Cc1ccc(C)s1.I. The Labute approximate surface area is 183 Å². The lowest BCUT2D eigenvalue weighted by Gasteiger charge is -2.17. The largest absolute Gasteiger partial charge is 0.357 e. The van der Waals surface area contributed by atoms with E-state index in [0.29, 0.717) is 12.1 Å². The van der Waals surface area contributed by atoms with Crippen LogP contribution in [0.5, 0.6) is 0 Å². The third-order valence-electron chi connectivity index (χ3n) is 3.87. The Balaban J connectivity index is 0.00000364. The average Bonchev–Trinajstić information content (AvgIpc) is 3.04. The highest BCUT2D eigenvalue weighted by atomic mass is 127. The van der Waals surface area contributed by atoms with Crippen molar-refractivity contribution < 1.29 is 4.79 Å². The van der Waals surface area contributed by atoms with Crippen LogP contribution in [0, 0.1) is 6.92 Å². The molecule has 0 radical (unpaired) electrons. The molecule has 0 spiro atoms. The lowest BCUT2D eigenvalue weighted by molar-refractivity contribution is 0.0963. The standard InChI is InChI=1S/C20H28N4OS.HI/c1-5-22-20(24-14(2)11-18-10-9-15(3)26-18)23-13-16-7-6-8-17(12-16)19(25)21-4;/h6-10,12,14H,5,11,13H2,1-4H3,(H,21,25)(H2,22,23,24);1H. The molecular weight excluding hydrogens is 471 g/mol. The Bertz CT molecular complexity index is 760. The molecule has 3 N–H and O–H groups in total. The van der Waals surface area contributed by atoms with Gasteiger partial charge in [-0.2, -0.15) is 0 Å². The Kier molecular flexibility index (Phi) is 10.4. The maximum atomic E-state index is 11.8. The summed E-state index contributed by atoms with van der Waals surface area (Å²) >= 11 is 1.83. The van der Waals surface area contributed by atoms with E-state index in [9.17, 15) is 4.79 Å². The lowest BCUT2D eigenvalue weighted by Crippen LogP contribution is -2.43. The second-order valence-corrected chi connectivity index (χ2v) is 7.61. The summed E-state index contributed by atoms with van der Waals surface area (Å²) in [6.45, 7) is 7.66. The zero-order chi connectivity index (χ0) is 18.9. The number of nitrogens with one attached hydrogen (secondary N) is 3. The maximum Gasteiger partial charge on any atom is 0.251 e. The Morgan fingerprint density at radius 2 is 2.04 bits per heavy atom. The van der Waals surface area contributed by atoms with Crippen molar-refractivity contribution in [3.63, 3.8) is 0 Å². The molecule has 148 valence electrons. The van der Waals surface area contributed by atoms with Crippen molar-refractivity contribution in [2.75, 3.05) is 13.6 Å². The van der Waals surface area contributed by atoms with Crippen LogP contribution >= 0.6 is 35.3 Å². The fourth-order valence-electron chi connectivity index (χ4n) is 2.63. The minimum absolute atomic E-state index is 0. The van der Waals surface area contributed by atoms with Crippen LogP contribution in [0.4, 0.5) is 0 Å². The Morgan fingerprint density at radius 1 is 1.26 bits per heavy atom. The third-order valence-corrected chi connectivity index (χ3v) is 4.89. The number of halogens is 1. The number of guanidine groups is 1. The van der Waals surface area contributed by atoms with E-state index in [0.717, 1.165) is 24.5 Å². The van der Waals surface area contributed by atoms with Crippen molar-refractivity contribution in [2.24, 2.45) is 4.99 Å². The lowest BCUT2D eigenvalue weighted by atomic mass is 10.1. The predicted molar refractivity (Wildman–Crippen MR) is 125 cm³/mol. The second kappa shape index (κ2) is 12.0. The summed E-state index contributed by atoms with van der Waals surface area (Å²) in [7, 11) is 1.64. The number of benzene rings is 1. The molecule has 2 rings (SSSR count). The third kappa shape index (κ3) is 7.88. The van der Waals surface area contributed by atoms with E-state index in [-0.39, 0.29) is 35.9 Å². The van der Waals surface area contributed by atoms with Gasteiger partial charge in [0.05, 0.1) is 6.54 Å². The van der Waals surface area contributed by atoms with E-state index in [2.05, 4.69) is 53.8 Å². The van der Waals surface area contributed by atoms with Crippen LogP contribution in [0.25, 0.3) is 0 Å². The first-order valence-electron chi connectivity index (χ1n) is 8.93. The van der Waals surface area contributed by atoms with Crippen molar-refractivity contribution in [2.45, 2.75) is 39.8 Å². The number of carbonyl (C=O) groups excluding carboxylic acids is 1. The van der Waals surface area contributed by atoms with Crippen LogP contribution in [-0.2, 0) is 13.0 Å². The molecule has 1 amide bonds. The molecule has 7 heteroatoms. The maximum absolute atomic E-state index is 11.8. The number of hydrogen-bond acceptors (Lipinski definition) is 3. The molecule has 1 unspecified atom stereocenters. The monoisotopic (exact) mass is 500 g/mol. The van der Waals surface area contributed by atoms with Crippen LogP contribution in [0.3, 0.4) is 0 Å². The van der Waals surface area contributed by atoms with Crippen LogP contribution in [0.1, 0.15) is 39.5 Å². The van der Waals surface area contributed by atoms with E-state index in [1.165, 1.54) is 9.75 Å². The Morgan fingerprint density at radius 3 is 2.67 bits per heavy atom. The van der Waals surface area contributed by atoms with Crippen molar-refractivity contribution in [3.05, 3.63) is 57.3 Å². The van der Waals surface area contributed by atoms with Gasteiger partial charge in [0.25, 0.3) is 5.91 Å². The van der Waals surface area contributed by atoms with E-state index in [1.54, 1.807) is 13.1 Å². The predicted octanol–water partition coefficient (Wildman–Crippen LogP) is 3.72. The second-order valence-electron chi connectivity index (χ2n) is 6.24. The zero-order valence-corrected chi connectivity index (χ0v) is 19.5. The van der Waals surface area contributed by atoms with Gasteiger partial charge in [-0.1, -0.05) is 12.1 Å². The summed E-state index contributed by atoms with van der Waals surface area (Å²) in [6, 6.07) is 12.2. The highest BCUT2D eigenvalue weighted by Crippen LogP contribution is 2.16. The van der Waals surface area contributed by atoms with Gasteiger partial charge in [-0.25, -0.2) is 4.99 Å². The first-order valence-corrected chi connectivity index (χ1v) is 9.74. The smallest absolute Gasteiger partial charge is 0.251 e. The summed E-state index contributed by atoms with van der Waals surface area (Å²) in [5, 5.41) is 9.39. The molecule has 5 nitrogen and oxygen atoms in total. The summed E-state index contributed by atoms with van der Waals surface area (Å²) in [5.74, 6) is 0.708. The number of thiophene rings is 1. The molecule has 1 heterocycles. The number of amides is 1. The molecule has 1 aromatic carbocycles. The quantitative estimate of drug-likeness (QED) is 0.309. The number of nitrogens with zero attached hydrogens (tertiary/aromatic N) is 1. The van der Waals surface area contributed by atoms with Crippen molar-refractivity contribution >= 4 is 47.2 Å². The summed E-state index contributed by atoms with van der Waals surface area (Å²) < 4.78 is 0. The minimum Gasteiger partial charge on any atom is -0.357 e. The number of carbonyl (C=O) groups is 1. The van der Waals surface area contributed by atoms with Crippen LogP contribution in [0.2, 0.25) is 0 Å². The molecule has 0 saturated carbocycles. The highest BCUT2D eigenvalue weighted by Gasteiger charge is 2.08. The molecule has 0 fully saturated rings. The number of hydrogen-bond donors (Lipinski definition) is 3. The first-order chi connectivity index (χ1) is 12.5. The first kappa shape index (κ1) is 23.4. The van der Waals surface area contributed by atoms with Crippen molar-refractivity contribution in [1.82, 2.24) is 16.0 Å². The zero-order valence-electron chi connectivity index (χ0n) is 16.3. The Hall–Kier alpha value is -1.61. The van der Waals surface area contributed by atoms with E-state index >= 15 is 0 Å². The molecule has 1 aromatic heterocycles. The molecule has 27 heavy (non-hydrogen) atoms. The molecule has 0 saturated heterocycles. The fraction of sp³-hybridized carbons (Fsp3) is 0.400. The van der Waals surface area contributed by atoms with Crippen LogP contribution in [0.15, 0.2) is 41.4 Å². The molecule has 0 aliphatic heterocycles. The van der Waals surface area contributed by atoms with Gasteiger partial charge >= 0.3 is 0 Å². The molecule has 2 aromatic rings. The highest BCUT2D eigenvalue weighted by molar-refractivity contribution is 14.0. The van der Waals surface area contributed by atoms with Gasteiger partial charge in [0, 0.05) is 41.4 Å². The molecule has 0 bridgehead atoms. The topological polar surface area (TPSA) is 65.5 Å². The average molecular weight is 500 g/mol. The van der Waals surface area contributed by atoms with Gasteiger partial charge in [0.15, 0.2) is 5.96 Å². The van der Waals surface area contributed by atoms with Gasteiger partial charge in [-0.05, 0) is 50.6 Å². The minimum atomic E-state index is -0.0827. The van der Waals surface area contributed by atoms with E-state index in [4.69, 9.17) is 0 Å². The van der Waals surface area contributed by atoms with E-state index < -0.39 is 0 Å². The van der Waals surface area contributed by atoms with Crippen molar-refractivity contribution in [1.29, 1.82) is 0 Å². The summed E-state index contributed by atoms with van der Waals surface area (Å²) in [6.07, 6.45) is 0.967. The molecule has 0 aliphatic rings.